The zero-order valence-electron chi connectivity index (χ0n) is 12.6. The molecule has 4 nitrogen and oxygen atoms in total. The number of carbonyl (C=O) groups is 1. The molecule has 21 heavy (non-hydrogen) atoms. The quantitative estimate of drug-likeness (QED) is 0.820. The first kappa shape index (κ1) is 17.8. The Balaban J connectivity index is 0.00000220. The van der Waals surface area contributed by atoms with Crippen LogP contribution in [0.15, 0.2) is 24.3 Å². The number of piperazine rings is 1. The molecule has 0 saturated carbocycles. The number of ether oxygens (including phenoxy) is 1. The van der Waals surface area contributed by atoms with Crippen LogP contribution in [-0.4, -0.2) is 43.6 Å². The first-order valence-electron chi connectivity index (χ1n) is 7.44. The second-order valence-corrected chi connectivity index (χ2v) is 5.25. The van der Waals surface area contributed by atoms with E-state index in [2.05, 4.69) is 18.3 Å². The Labute approximate surface area is 133 Å². The predicted molar refractivity (Wildman–Crippen MR) is 87.2 cm³/mol. The molecule has 2 rings (SSSR count). The molecule has 1 aromatic carbocycles. The molecule has 1 aliphatic rings. The normalized spacial score (nSPS) is 14.4. The Morgan fingerprint density at radius 3 is 2.76 bits per heavy atom. The van der Waals surface area contributed by atoms with E-state index >= 15 is 0 Å². The van der Waals surface area contributed by atoms with Crippen LogP contribution in [0, 0.1) is 6.92 Å². The smallest absolute Gasteiger partial charge is 0.222 e. The predicted octanol–water partition coefficient (Wildman–Crippen LogP) is 2.40. The van der Waals surface area contributed by atoms with Crippen LogP contribution in [-0.2, 0) is 4.79 Å². The molecule has 1 aromatic rings. The van der Waals surface area contributed by atoms with Crippen molar-refractivity contribution in [1.29, 1.82) is 0 Å². The van der Waals surface area contributed by atoms with E-state index in [1.54, 1.807) is 0 Å². The van der Waals surface area contributed by atoms with Crippen molar-refractivity contribution >= 4 is 18.3 Å². The number of unbranched alkanes of at least 4 members (excludes halogenated alkanes) is 1. The standard InChI is InChI=1S/C16H24N2O2.ClH/c1-14-5-4-6-15(13-14)20-12-3-2-7-16(19)18-10-8-17-9-11-18;/h4-6,13,17H,2-3,7-12H2,1H3;1H. The van der Waals surface area contributed by atoms with E-state index in [9.17, 15) is 4.79 Å². The van der Waals surface area contributed by atoms with Gasteiger partial charge in [-0.25, -0.2) is 0 Å². The zero-order chi connectivity index (χ0) is 14.2. The van der Waals surface area contributed by atoms with E-state index < -0.39 is 0 Å². The maximum Gasteiger partial charge on any atom is 0.222 e. The van der Waals surface area contributed by atoms with Gasteiger partial charge in [0.05, 0.1) is 6.61 Å². The molecule has 0 unspecified atom stereocenters. The summed E-state index contributed by atoms with van der Waals surface area (Å²) in [6.07, 6.45) is 2.46. The number of halogens is 1. The van der Waals surface area contributed by atoms with Crippen molar-refractivity contribution in [3.8, 4) is 5.75 Å². The first-order valence-corrected chi connectivity index (χ1v) is 7.44. The van der Waals surface area contributed by atoms with Crippen LogP contribution in [0.2, 0.25) is 0 Å². The lowest BCUT2D eigenvalue weighted by atomic mass is 10.2. The molecular formula is C16H25ClN2O2. The molecule has 118 valence electrons. The number of amides is 1. The molecule has 0 spiro atoms. The van der Waals surface area contributed by atoms with Gasteiger partial charge in [0.25, 0.3) is 0 Å². The molecule has 1 heterocycles. The molecule has 1 N–H and O–H groups in total. The van der Waals surface area contributed by atoms with E-state index in [0.29, 0.717) is 13.0 Å². The third-order valence-electron chi connectivity index (χ3n) is 3.51. The fourth-order valence-corrected chi connectivity index (χ4v) is 2.35. The Hall–Kier alpha value is -1.26. The van der Waals surface area contributed by atoms with Crippen LogP contribution in [0.4, 0.5) is 0 Å². The summed E-state index contributed by atoms with van der Waals surface area (Å²) in [5.74, 6) is 1.19. The van der Waals surface area contributed by atoms with E-state index in [0.717, 1.165) is 44.8 Å². The molecule has 0 aliphatic carbocycles. The van der Waals surface area contributed by atoms with Gasteiger partial charge in [-0.15, -0.1) is 12.4 Å². The van der Waals surface area contributed by atoms with Gasteiger partial charge in [-0.05, 0) is 37.5 Å². The maximum atomic E-state index is 11.9. The number of hydrogen-bond donors (Lipinski definition) is 1. The number of rotatable bonds is 6. The van der Waals surface area contributed by atoms with Crippen molar-refractivity contribution in [1.82, 2.24) is 10.2 Å². The van der Waals surface area contributed by atoms with Crippen LogP contribution >= 0.6 is 12.4 Å². The average Bonchev–Trinajstić information content (AvgIpc) is 2.48. The SMILES string of the molecule is Cc1cccc(OCCCCC(=O)N2CCNCC2)c1.Cl. The van der Waals surface area contributed by atoms with Crippen LogP contribution < -0.4 is 10.1 Å². The minimum atomic E-state index is 0. The zero-order valence-corrected chi connectivity index (χ0v) is 13.5. The lowest BCUT2D eigenvalue weighted by Gasteiger charge is -2.27. The number of carbonyl (C=O) groups excluding carboxylic acids is 1. The number of hydrogen-bond acceptors (Lipinski definition) is 3. The van der Waals surface area contributed by atoms with Crippen molar-refractivity contribution in [3.05, 3.63) is 29.8 Å². The van der Waals surface area contributed by atoms with Gasteiger partial charge >= 0.3 is 0 Å². The lowest BCUT2D eigenvalue weighted by molar-refractivity contribution is -0.131. The molecular weight excluding hydrogens is 288 g/mol. The fourth-order valence-electron chi connectivity index (χ4n) is 2.35. The van der Waals surface area contributed by atoms with E-state index in [-0.39, 0.29) is 18.3 Å². The monoisotopic (exact) mass is 312 g/mol. The molecule has 0 aromatic heterocycles. The van der Waals surface area contributed by atoms with Crippen molar-refractivity contribution in [2.75, 3.05) is 32.8 Å². The van der Waals surface area contributed by atoms with Crippen LogP contribution in [0.5, 0.6) is 5.75 Å². The Morgan fingerprint density at radius 2 is 2.05 bits per heavy atom. The molecule has 1 amide bonds. The largest absolute Gasteiger partial charge is 0.494 e. The lowest BCUT2D eigenvalue weighted by Crippen LogP contribution is -2.46. The van der Waals surface area contributed by atoms with Gasteiger partial charge in [-0.2, -0.15) is 0 Å². The number of nitrogens with one attached hydrogen (secondary N) is 1. The van der Waals surface area contributed by atoms with Crippen molar-refractivity contribution < 1.29 is 9.53 Å². The third-order valence-corrected chi connectivity index (χ3v) is 3.51. The molecule has 0 radical (unpaired) electrons. The fraction of sp³-hybridized carbons (Fsp3) is 0.562. The van der Waals surface area contributed by atoms with Gasteiger partial charge in [0.2, 0.25) is 5.91 Å². The molecule has 5 heteroatoms. The number of nitrogens with zero attached hydrogens (tertiary/aromatic N) is 1. The van der Waals surface area contributed by atoms with E-state index in [4.69, 9.17) is 4.74 Å². The summed E-state index contributed by atoms with van der Waals surface area (Å²) < 4.78 is 5.68. The molecule has 0 atom stereocenters. The summed E-state index contributed by atoms with van der Waals surface area (Å²) in [5, 5.41) is 3.25. The van der Waals surface area contributed by atoms with Gasteiger partial charge in [-0.1, -0.05) is 12.1 Å². The van der Waals surface area contributed by atoms with Gasteiger partial charge in [0, 0.05) is 32.6 Å². The third kappa shape index (κ3) is 6.36. The Bertz CT molecular complexity index is 434. The van der Waals surface area contributed by atoms with Crippen molar-refractivity contribution in [2.24, 2.45) is 0 Å². The highest BCUT2D eigenvalue weighted by atomic mass is 35.5. The van der Waals surface area contributed by atoms with E-state index in [1.807, 2.05) is 23.1 Å². The van der Waals surface area contributed by atoms with Gasteiger partial charge in [-0.3, -0.25) is 4.79 Å². The molecule has 0 bridgehead atoms. The highest BCUT2D eigenvalue weighted by Gasteiger charge is 2.15. The van der Waals surface area contributed by atoms with Crippen LogP contribution in [0.25, 0.3) is 0 Å². The van der Waals surface area contributed by atoms with Crippen molar-refractivity contribution in [2.45, 2.75) is 26.2 Å². The first-order chi connectivity index (χ1) is 9.75. The maximum absolute atomic E-state index is 11.9. The molecule has 1 fully saturated rings. The molecule has 1 aliphatic heterocycles. The highest BCUT2D eigenvalue weighted by molar-refractivity contribution is 5.85. The summed E-state index contributed by atoms with van der Waals surface area (Å²) in [7, 11) is 0. The summed E-state index contributed by atoms with van der Waals surface area (Å²) in [6, 6.07) is 8.06. The highest BCUT2D eigenvalue weighted by Crippen LogP contribution is 2.13. The average molecular weight is 313 g/mol. The minimum absolute atomic E-state index is 0. The minimum Gasteiger partial charge on any atom is -0.494 e. The topological polar surface area (TPSA) is 41.6 Å². The van der Waals surface area contributed by atoms with Gasteiger partial charge in [0.15, 0.2) is 0 Å². The Morgan fingerprint density at radius 1 is 1.29 bits per heavy atom. The van der Waals surface area contributed by atoms with Crippen molar-refractivity contribution in [3.63, 3.8) is 0 Å². The summed E-state index contributed by atoms with van der Waals surface area (Å²) in [5.41, 5.74) is 1.20. The summed E-state index contributed by atoms with van der Waals surface area (Å²) >= 11 is 0. The van der Waals surface area contributed by atoms with Gasteiger partial charge < -0.3 is 15.0 Å². The second-order valence-electron chi connectivity index (χ2n) is 5.25. The van der Waals surface area contributed by atoms with E-state index in [1.165, 1.54) is 5.56 Å². The number of benzene rings is 1. The second kappa shape index (κ2) is 9.64. The van der Waals surface area contributed by atoms with Crippen LogP contribution in [0.3, 0.4) is 0 Å². The summed E-state index contributed by atoms with van der Waals surface area (Å²) in [6.45, 7) is 6.26. The molecule has 1 saturated heterocycles. The Kier molecular flexibility index (Phi) is 8.16. The van der Waals surface area contributed by atoms with Crippen LogP contribution in [0.1, 0.15) is 24.8 Å². The number of aryl methyl sites for hydroxylation is 1. The summed E-state index contributed by atoms with van der Waals surface area (Å²) in [4.78, 5) is 13.9. The van der Waals surface area contributed by atoms with Gasteiger partial charge in [0.1, 0.15) is 5.75 Å².